The van der Waals surface area contributed by atoms with Crippen LogP contribution in [0.5, 0.6) is 5.75 Å². The Balaban J connectivity index is 1.89. The largest absolute Gasteiger partial charge is 0.487 e. The molecule has 1 heterocycles. The van der Waals surface area contributed by atoms with Gasteiger partial charge in [0.1, 0.15) is 11.4 Å². The van der Waals surface area contributed by atoms with Gasteiger partial charge in [-0.2, -0.15) is 0 Å². The van der Waals surface area contributed by atoms with Gasteiger partial charge in [-0.05, 0) is 49.8 Å². The van der Waals surface area contributed by atoms with Crippen molar-refractivity contribution in [3.63, 3.8) is 0 Å². The molecule has 1 N–H and O–H groups in total. The average Bonchev–Trinajstić information content (AvgIpc) is 2.35. The number of aliphatic hydroxyl groups excluding tert-OH is 1. The molecule has 1 aromatic carbocycles. The fourth-order valence-corrected chi connectivity index (χ4v) is 3.38. The Labute approximate surface area is 113 Å². The van der Waals surface area contributed by atoms with Crippen molar-refractivity contribution in [3.05, 3.63) is 28.8 Å². The SMILES string of the molecule is CC1CCC2(CC1)C[C@@H](O)c1cc(Cl)ccc1O2. The fourth-order valence-electron chi connectivity index (χ4n) is 3.20. The van der Waals surface area contributed by atoms with Crippen molar-refractivity contribution in [2.45, 2.75) is 50.7 Å². The van der Waals surface area contributed by atoms with Crippen molar-refractivity contribution < 1.29 is 9.84 Å². The molecule has 3 rings (SSSR count). The lowest BCUT2D eigenvalue weighted by Gasteiger charge is -2.44. The number of halogens is 1. The highest BCUT2D eigenvalue weighted by Gasteiger charge is 2.42. The molecule has 2 nitrogen and oxygen atoms in total. The van der Waals surface area contributed by atoms with Crippen LogP contribution in [0.1, 0.15) is 50.7 Å². The Morgan fingerprint density at radius 1 is 1.33 bits per heavy atom. The summed E-state index contributed by atoms with van der Waals surface area (Å²) in [6.07, 6.45) is 4.74. The molecular formula is C15H19ClO2. The molecule has 98 valence electrons. The van der Waals surface area contributed by atoms with Crippen molar-refractivity contribution in [2.24, 2.45) is 5.92 Å². The summed E-state index contributed by atoms with van der Waals surface area (Å²) in [7, 11) is 0. The summed E-state index contributed by atoms with van der Waals surface area (Å²) in [6.45, 7) is 2.29. The summed E-state index contributed by atoms with van der Waals surface area (Å²) in [6, 6.07) is 5.54. The number of hydrogen-bond acceptors (Lipinski definition) is 2. The van der Waals surface area contributed by atoms with Crippen LogP contribution in [0.3, 0.4) is 0 Å². The van der Waals surface area contributed by atoms with E-state index in [1.54, 1.807) is 0 Å². The second-order valence-electron chi connectivity index (χ2n) is 5.87. The first-order chi connectivity index (χ1) is 8.58. The van der Waals surface area contributed by atoms with Crippen molar-refractivity contribution >= 4 is 11.6 Å². The summed E-state index contributed by atoms with van der Waals surface area (Å²) in [5, 5.41) is 11.0. The first kappa shape index (κ1) is 12.3. The summed E-state index contributed by atoms with van der Waals surface area (Å²) < 4.78 is 6.22. The van der Waals surface area contributed by atoms with Crippen LogP contribution in [0.25, 0.3) is 0 Å². The molecular weight excluding hydrogens is 248 g/mol. The maximum absolute atomic E-state index is 10.3. The van der Waals surface area contributed by atoms with E-state index in [1.807, 2.05) is 18.2 Å². The average molecular weight is 267 g/mol. The monoisotopic (exact) mass is 266 g/mol. The van der Waals surface area contributed by atoms with E-state index in [0.717, 1.165) is 30.1 Å². The van der Waals surface area contributed by atoms with E-state index >= 15 is 0 Å². The Morgan fingerprint density at radius 3 is 2.78 bits per heavy atom. The van der Waals surface area contributed by atoms with E-state index in [1.165, 1.54) is 12.8 Å². The lowest BCUT2D eigenvalue weighted by atomic mass is 9.74. The molecule has 0 radical (unpaired) electrons. The maximum Gasteiger partial charge on any atom is 0.126 e. The van der Waals surface area contributed by atoms with Crippen LogP contribution in [0, 0.1) is 5.92 Å². The van der Waals surface area contributed by atoms with Crippen molar-refractivity contribution in [2.75, 3.05) is 0 Å². The molecule has 0 unspecified atom stereocenters. The van der Waals surface area contributed by atoms with Gasteiger partial charge in [0.15, 0.2) is 0 Å². The highest BCUT2D eigenvalue weighted by Crippen LogP contribution is 2.47. The van der Waals surface area contributed by atoms with E-state index in [0.29, 0.717) is 11.4 Å². The third kappa shape index (κ3) is 2.12. The first-order valence-electron chi connectivity index (χ1n) is 6.74. The van der Waals surface area contributed by atoms with Crippen molar-refractivity contribution in [3.8, 4) is 5.75 Å². The van der Waals surface area contributed by atoms with Crippen LogP contribution in [0.2, 0.25) is 5.02 Å². The zero-order valence-corrected chi connectivity index (χ0v) is 11.4. The highest BCUT2D eigenvalue weighted by molar-refractivity contribution is 6.30. The minimum absolute atomic E-state index is 0.146. The van der Waals surface area contributed by atoms with Crippen LogP contribution in [-0.4, -0.2) is 10.7 Å². The van der Waals surface area contributed by atoms with Gasteiger partial charge in [0, 0.05) is 17.0 Å². The first-order valence-corrected chi connectivity index (χ1v) is 7.12. The summed E-state index contributed by atoms with van der Waals surface area (Å²) in [4.78, 5) is 0. The Morgan fingerprint density at radius 2 is 2.06 bits per heavy atom. The van der Waals surface area contributed by atoms with E-state index in [2.05, 4.69) is 6.92 Å². The number of ether oxygens (including phenoxy) is 1. The third-order valence-electron chi connectivity index (χ3n) is 4.41. The van der Waals surface area contributed by atoms with Crippen molar-refractivity contribution in [1.29, 1.82) is 0 Å². The molecule has 2 aliphatic rings. The second kappa shape index (κ2) is 4.43. The predicted octanol–water partition coefficient (Wildman–Crippen LogP) is 4.10. The predicted molar refractivity (Wildman–Crippen MR) is 72.0 cm³/mol. The van der Waals surface area contributed by atoms with Gasteiger partial charge in [0.25, 0.3) is 0 Å². The molecule has 1 aliphatic carbocycles. The van der Waals surface area contributed by atoms with E-state index in [-0.39, 0.29) is 5.60 Å². The summed E-state index contributed by atoms with van der Waals surface area (Å²) in [5.74, 6) is 1.59. The normalized spacial score (nSPS) is 35.1. The molecule has 3 heteroatoms. The van der Waals surface area contributed by atoms with Crippen LogP contribution in [0.4, 0.5) is 0 Å². The number of hydrogen-bond donors (Lipinski definition) is 1. The van der Waals surface area contributed by atoms with Crippen LogP contribution < -0.4 is 4.74 Å². The molecule has 1 saturated carbocycles. The van der Waals surface area contributed by atoms with E-state index < -0.39 is 6.10 Å². The van der Waals surface area contributed by atoms with Gasteiger partial charge in [0.05, 0.1) is 6.10 Å². The molecule has 0 bridgehead atoms. The molecule has 1 aliphatic heterocycles. The maximum atomic E-state index is 10.3. The third-order valence-corrected chi connectivity index (χ3v) is 4.64. The van der Waals surface area contributed by atoms with Gasteiger partial charge in [-0.15, -0.1) is 0 Å². The Kier molecular flexibility index (Phi) is 3.03. The number of rotatable bonds is 0. The molecule has 0 amide bonds. The minimum atomic E-state index is -0.444. The van der Waals surface area contributed by atoms with Crippen LogP contribution >= 0.6 is 11.6 Å². The molecule has 0 aromatic heterocycles. The van der Waals surface area contributed by atoms with Gasteiger partial charge < -0.3 is 9.84 Å². The van der Waals surface area contributed by atoms with Gasteiger partial charge in [-0.3, -0.25) is 0 Å². The number of benzene rings is 1. The van der Waals surface area contributed by atoms with Gasteiger partial charge >= 0.3 is 0 Å². The lowest BCUT2D eigenvalue weighted by molar-refractivity contribution is -0.0454. The Bertz CT molecular complexity index is 450. The molecule has 1 fully saturated rings. The highest BCUT2D eigenvalue weighted by atomic mass is 35.5. The topological polar surface area (TPSA) is 29.5 Å². The van der Waals surface area contributed by atoms with Crippen molar-refractivity contribution in [1.82, 2.24) is 0 Å². The Hall–Kier alpha value is -0.730. The second-order valence-corrected chi connectivity index (χ2v) is 6.31. The zero-order valence-electron chi connectivity index (χ0n) is 10.7. The lowest BCUT2D eigenvalue weighted by Crippen LogP contribution is -2.43. The molecule has 1 aromatic rings. The molecule has 1 spiro atoms. The van der Waals surface area contributed by atoms with Gasteiger partial charge in [-0.25, -0.2) is 0 Å². The van der Waals surface area contributed by atoms with Crippen LogP contribution in [-0.2, 0) is 0 Å². The standard InChI is InChI=1S/C15H19ClO2/c1-10-4-6-15(7-5-10)9-13(17)12-8-11(16)2-3-14(12)18-15/h2-3,8,10,13,17H,4-7,9H2,1H3/t10?,13-,15?/m1/s1. The molecule has 1 atom stereocenters. The minimum Gasteiger partial charge on any atom is -0.487 e. The van der Waals surface area contributed by atoms with Gasteiger partial charge in [0.2, 0.25) is 0 Å². The van der Waals surface area contributed by atoms with E-state index in [9.17, 15) is 5.11 Å². The fraction of sp³-hybridized carbons (Fsp3) is 0.600. The zero-order chi connectivity index (χ0) is 12.8. The van der Waals surface area contributed by atoms with Crippen LogP contribution in [0.15, 0.2) is 18.2 Å². The summed E-state index contributed by atoms with van der Waals surface area (Å²) >= 11 is 5.97. The number of fused-ring (bicyclic) bond motifs is 1. The smallest absolute Gasteiger partial charge is 0.126 e. The quantitative estimate of drug-likeness (QED) is 0.766. The van der Waals surface area contributed by atoms with Gasteiger partial charge in [-0.1, -0.05) is 18.5 Å². The number of aliphatic hydroxyl groups is 1. The summed E-state index contributed by atoms with van der Waals surface area (Å²) in [5.41, 5.74) is 0.694. The molecule has 18 heavy (non-hydrogen) atoms. The van der Waals surface area contributed by atoms with E-state index in [4.69, 9.17) is 16.3 Å². The molecule has 0 saturated heterocycles.